The van der Waals surface area contributed by atoms with E-state index >= 15 is 0 Å². The molecule has 0 saturated heterocycles. The zero-order chi connectivity index (χ0) is 12.6. The maximum absolute atomic E-state index is 5.20. The summed E-state index contributed by atoms with van der Waals surface area (Å²) in [5.41, 5.74) is 2.30. The number of thiocarbonyl (C=S) groups is 1. The number of nitrogens with zero attached hydrogens (tertiary/aromatic N) is 2. The summed E-state index contributed by atoms with van der Waals surface area (Å²) in [6.07, 6.45) is 7.07. The second kappa shape index (κ2) is 6.66. The molecular formula is C13H14N4S. The second-order valence-electron chi connectivity index (χ2n) is 3.75. The summed E-state index contributed by atoms with van der Waals surface area (Å²) in [6, 6.07) is 7.83. The number of hydrogen-bond acceptors (Lipinski definition) is 3. The average molecular weight is 258 g/mol. The lowest BCUT2D eigenvalue weighted by Gasteiger charge is -2.10. The Hall–Kier alpha value is -2.01. The third-order valence-corrected chi connectivity index (χ3v) is 2.69. The zero-order valence-corrected chi connectivity index (χ0v) is 10.7. The van der Waals surface area contributed by atoms with E-state index in [4.69, 9.17) is 12.2 Å². The van der Waals surface area contributed by atoms with Gasteiger partial charge >= 0.3 is 0 Å². The summed E-state index contributed by atoms with van der Waals surface area (Å²) in [4.78, 5) is 7.93. The SMILES string of the molecule is S=C(NCc1ccncc1)NCc1ccncc1. The van der Waals surface area contributed by atoms with E-state index in [1.165, 1.54) is 0 Å². The minimum atomic E-state index is 0.642. The molecule has 18 heavy (non-hydrogen) atoms. The van der Waals surface area contributed by atoms with Crippen LogP contribution in [0.1, 0.15) is 11.1 Å². The Morgan fingerprint density at radius 1 is 0.833 bits per heavy atom. The lowest BCUT2D eigenvalue weighted by atomic mass is 10.3. The molecule has 0 atom stereocenters. The van der Waals surface area contributed by atoms with Crippen LogP contribution in [0.25, 0.3) is 0 Å². The van der Waals surface area contributed by atoms with E-state index in [0.29, 0.717) is 18.2 Å². The van der Waals surface area contributed by atoms with Gasteiger partial charge in [-0.15, -0.1) is 0 Å². The summed E-state index contributed by atoms with van der Waals surface area (Å²) < 4.78 is 0. The highest BCUT2D eigenvalue weighted by Crippen LogP contribution is 1.96. The van der Waals surface area contributed by atoms with E-state index in [2.05, 4.69) is 20.6 Å². The molecule has 2 heterocycles. The fraction of sp³-hybridized carbons (Fsp3) is 0.154. The van der Waals surface area contributed by atoms with Gasteiger partial charge in [0.2, 0.25) is 0 Å². The van der Waals surface area contributed by atoms with Crippen molar-refractivity contribution in [3.05, 3.63) is 60.2 Å². The largest absolute Gasteiger partial charge is 0.359 e. The van der Waals surface area contributed by atoms with Crippen molar-refractivity contribution in [2.75, 3.05) is 0 Å². The van der Waals surface area contributed by atoms with Gasteiger partial charge in [0.1, 0.15) is 0 Å². The third kappa shape index (κ3) is 4.10. The Balaban J connectivity index is 1.73. The fourth-order valence-electron chi connectivity index (χ4n) is 1.43. The molecule has 0 amide bonds. The van der Waals surface area contributed by atoms with Gasteiger partial charge in [-0.25, -0.2) is 0 Å². The average Bonchev–Trinajstić information content (AvgIpc) is 2.45. The van der Waals surface area contributed by atoms with E-state index < -0.39 is 0 Å². The minimum Gasteiger partial charge on any atom is -0.359 e. The van der Waals surface area contributed by atoms with Crippen LogP contribution in [0.5, 0.6) is 0 Å². The second-order valence-corrected chi connectivity index (χ2v) is 4.16. The zero-order valence-electron chi connectivity index (χ0n) is 9.84. The van der Waals surface area contributed by atoms with Crippen molar-refractivity contribution in [3.8, 4) is 0 Å². The van der Waals surface area contributed by atoms with Gasteiger partial charge in [-0.3, -0.25) is 9.97 Å². The highest BCUT2D eigenvalue weighted by molar-refractivity contribution is 7.80. The third-order valence-electron chi connectivity index (χ3n) is 2.40. The van der Waals surface area contributed by atoms with Crippen molar-refractivity contribution in [3.63, 3.8) is 0 Å². The predicted molar refractivity (Wildman–Crippen MR) is 74.8 cm³/mol. The first-order valence-corrected chi connectivity index (χ1v) is 6.05. The van der Waals surface area contributed by atoms with Gasteiger partial charge in [0.05, 0.1) is 0 Å². The van der Waals surface area contributed by atoms with Gasteiger partial charge in [-0.2, -0.15) is 0 Å². The maximum Gasteiger partial charge on any atom is 0.166 e. The first-order valence-electron chi connectivity index (χ1n) is 5.64. The molecule has 0 aliphatic heterocycles. The molecule has 4 nitrogen and oxygen atoms in total. The molecule has 0 unspecified atom stereocenters. The van der Waals surface area contributed by atoms with E-state index in [0.717, 1.165) is 11.1 Å². The monoisotopic (exact) mass is 258 g/mol. The summed E-state index contributed by atoms with van der Waals surface area (Å²) in [6.45, 7) is 1.40. The number of nitrogens with one attached hydrogen (secondary N) is 2. The van der Waals surface area contributed by atoms with Crippen LogP contribution >= 0.6 is 12.2 Å². The topological polar surface area (TPSA) is 49.8 Å². The van der Waals surface area contributed by atoms with E-state index in [-0.39, 0.29) is 0 Å². The van der Waals surface area contributed by atoms with Crippen LogP contribution in [-0.2, 0) is 13.1 Å². The van der Waals surface area contributed by atoms with Gasteiger partial charge < -0.3 is 10.6 Å². The molecule has 0 fully saturated rings. The van der Waals surface area contributed by atoms with E-state index in [9.17, 15) is 0 Å². The Labute approximate surface area is 111 Å². The van der Waals surface area contributed by atoms with Crippen molar-refractivity contribution >= 4 is 17.3 Å². The first-order chi connectivity index (χ1) is 8.84. The molecule has 2 N–H and O–H groups in total. The molecule has 92 valence electrons. The van der Waals surface area contributed by atoms with E-state index in [1.807, 2.05) is 24.3 Å². The Morgan fingerprint density at radius 3 is 1.61 bits per heavy atom. The maximum atomic E-state index is 5.20. The molecule has 2 aromatic heterocycles. The summed E-state index contributed by atoms with van der Waals surface area (Å²) >= 11 is 5.20. The number of rotatable bonds is 4. The van der Waals surface area contributed by atoms with Crippen molar-refractivity contribution in [2.24, 2.45) is 0 Å². The number of hydrogen-bond donors (Lipinski definition) is 2. The molecule has 2 aromatic rings. The van der Waals surface area contributed by atoms with Crippen LogP contribution in [-0.4, -0.2) is 15.1 Å². The first kappa shape index (κ1) is 12.4. The highest BCUT2D eigenvalue weighted by Gasteiger charge is 1.96. The van der Waals surface area contributed by atoms with E-state index in [1.54, 1.807) is 24.8 Å². The van der Waals surface area contributed by atoms with Gasteiger partial charge in [-0.05, 0) is 47.6 Å². The van der Waals surface area contributed by atoms with Crippen LogP contribution in [0.2, 0.25) is 0 Å². The molecule has 0 aliphatic rings. The molecule has 0 radical (unpaired) electrons. The smallest absolute Gasteiger partial charge is 0.166 e. The quantitative estimate of drug-likeness (QED) is 0.817. The normalized spacial score (nSPS) is 9.78. The summed E-state index contributed by atoms with van der Waals surface area (Å²) in [5, 5.41) is 6.93. The van der Waals surface area contributed by atoms with Gasteiger partial charge in [0, 0.05) is 37.9 Å². The number of aromatic nitrogens is 2. The summed E-state index contributed by atoms with van der Waals surface area (Å²) in [5.74, 6) is 0. The van der Waals surface area contributed by atoms with Crippen molar-refractivity contribution in [1.29, 1.82) is 0 Å². The van der Waals surface area contributed by atoms with Crippen LogP contribution in [0.3, 0.4) is 0 Å². The molecule has 0 aliphatic carbocycles. The van der Waals surface area contributed by atoms with Crippen LogP contribution in [0.15, 0.2) is 49.1 Å². The standard InChI is InChI=1S/C13H14N4S/c18-13(16-9-11-1-5-14-6-2-11)17-10-12-3-7-15-8-4-12/h1-8H,9-10H2,(H2,16,17,18). The molecule has 5 heteroatoms. The molecule has 0 bridgehead atoms. The van der Waals surface area contributed by atoms with Crippen molar-refractivity contribution < 1.29 is 0 Å². The molecule has 0 aromatic carbocycles. The Morgan fingerprint density at radius 2 is 1.22 bits per heavy atom. The predicted octanol–water partition coefficient (Wildman–Crippen LogP) is 1.64. The molecule has 2 rings (SSSR count). The van der Waals surface area contributed by atoms with Gasteiger partial charge in [-0.1, -0.05) is 0 Å². The van der Waals surface area contributed by atoms with Crippen molar-refractivity contribution in [1.82, 2.24) is 20.6 Å². The Bertz CT molecular complexity index is 441. The molecular weight excluding hydrogens is 244 g/mol. The lowest BCUT2D eigenvalue weighted by molar-refractivity contribution is 0.831. The highest BCUT2D eigenvalue weighted by atomic mass is 32.1. The van der Waals surface area contributed by atoms with Crippen molar-refractivity contribution in [2.45, 2.75) is 13.1 Å². The minimum absolute atomic E-state index is 0.642. The summed E-state index contributed by atoms with van der Waals surface area (Å²) in [7, 11) is 0. The lowest BCUT2D eigenvalue weighted by Crippen LogP contribution is -2.34. The molecule has 0 saturated carbocycles. The van der Waals surface area contributed by atoms with Gasteiger partial charge in [0.25, 0.3) is 0 Å². The fourth-order valence-corrected chi connectivity index (χ4v) is 1.57. The van der Waals surface area contributed by atoms with Crippen LogP contribution < -0.4 is 10.6 Å². The van der Waals surface area contributed by atoms with Crippen LogP contribution in [0, 0.1) is 0 Å². The van der Waals surface area contributed by atoms with Crippen LogP contribution in [0.4, 0.5) is 0 Å². The Kier molecular flexibility index (Phi) is 4.60. The number of pyridine rings is 2. The van der Waals surface area contributed by atoms with Gasteiger partial charge in [0.15, 0.2) is 5.11 Å². The molecule has 0 spiro atoms.